The van der Waals surface area contributed by atoms with Crippen LogP contribution in [0.5, 0.6) is 0 Å². The van der Waals surface area contributed by atoms with E-state index in [4.69, 9.17) is 0 Å². The molecule has 0 bridgehead atoms. The molecular formula is C14H21F2N. The molecule has 0 aliphatic carbocycles. The smallest absolute Gasteiger partial charge is 0.163 e. The van der Waals surface area contributed by atoms with Crippen LogP contribution in [0.4, 0.5) is 8.78 Å². The van der Waals surface area contributed by atoms with Crippen LogP contribution in [-0.2, 0) is 0 Å². The average Bonchev–Trinajstić information content (AvgIpc) is 2.34. The largest absolute Gasteiger partial charge is 0.313 e. The predicted molar refractivity (Wildman–Crippen MR) is 66.9 cm³/mol. The summed E-state index contributed by atoms with van der Waals surface area (Å²) < 4.78 is 26.7. The van der Waals surface area contributed by atoms with Crippen LogP contribution >= 0.6 is 0 Å². The van der Waals surface area contributed by atoms with E-state index in [0.717, 1.165) is 25.3 Å². The maximum atomic E-state index is 13.6. The highest BCUT2D eigenvalue weighted by Gasteiger charge is 2.15. The van der Waals surface area contributed by atoms with Gasteiger partial charge in [-0.2, -0.15) is 0 Å². The van der Waals surface area contributed by atoms with Crippen molar-refractivity contribution >= 4 is 0 Å². The lowest BCUT2D eigenvalue weighted by Crippen LogP contribution is -2.18. The van der Waals surface area contributed by atoms with E-state index in [1.165, 1.54) is 12.8 Å². The number of hydrogen-bond acceptors (Lipinski definition) is 1. The summed E-state index contributed by atoms with van der Waals surface area (Å²) >= 11 is 0. The lowest BCUT2D eigenvalue weighted by Gasteiger charge is -2.17. The van der Waals surface area contributed by atoms with E-state index in [-0.39, 0.29) is 6.04 Å². The van der Waals surface area contributed by atoms with Crippen LogP contribution in [0.1, 0.15) is 50.6 Å². The Labute approximate surface area is 102 Å². The molecule has 0 amide bonds. The third-order valence-electron chi connectivity index (χ3n) is 3.05. The summed E-state index contributed by atoms with van der Waals surface area (Å²) in [5.74, 6) is -1.49. The molecule has 17 heavy (non-hydrogen) atoms. The van der Waals surface area contributed by atoms with Crippen molar-refractivity contribution in [3.05, 3.63) is 35.4 Å². The topological polar surface area (TPSA) is 12.0 Å². The third kappa shape index (κ3) is 4.08. The molecule has 0 aromatic heterocycles. The number of unbranched alkanes of at least 4 members (excludes halogenated alkanes) is 3. The van der Waals surface area contributed by atoms with Gasteiger partial charge in [-0.05, 0) is 19.5 Å². The number of benzene rings is 1. The second-order valence-corrected chi connectivity index (χ2v) is 4.33. The Hall–Kier alpha value is -0.960. The molecule has 0 radical (unpaired) electrons. The Morgan fingerprint density at radius 1 is 1.18 bits per heavy atom. The van der Waals surface area contributed by atoms with Crippen LogP contribution in [0.15, 0.2) is 18.2 Å². The first kappa shape index (κ1) is 14.1. The molecule has 0 saturated heterocycles. The van der Waals surface area contributed by atoms with E-state index >= 15 is 0 Å². The molecule has 0 fully saturated rings. The molecule has 0 saturated carbocycles. The maximum absolute atomic E-state index is 13.6. The number of nitrogens with one attached hydrogen (secondary N) is 1. The van der Waals surface area contributed by atoms with Crippen molar-refractivity contribution in [2.24, 2.45) is 0 Å². The van der Waals surface area contributed by atoms with E-state index in [1.807, 2.05) is 0 Å². The van der Waals surface area contributed by atoms with Gasteiger partial charge in [-0.1, -0.05) is 44.7 Å². The van der Waals surface area contributed by atoms with E-state index in [1.54, 1.807) is 19.2 Å². The third-order valence-corrected chi connectivity index (χ3v) is 3.05. The second kappa shape index (κ2) is 7.38. The van der Waals surface area contributed by atoms with Gasteiger partial charge in [0.15, 0.2) is 11.6 Å². The molecule has 0 aliphatic heterocycles. The van der Waals surface area contributed by atoms with Gasteiger partial charge in [0.25, 0.3) is 0 Å². The molecule has 3 heteroatoms. The van der Waals surface area contributed by atoms with Gasteiger partial charge in [0.2, 0.25) is 0 Å². The summed E-state index contributed by atoms with van der Waals surface area (Å²) in [6.45, 7) is 2.15. The lowest BCUT2D eigenvalue weighted by atomic mass is 9.99. The van der Waals surface area contributed by atoms with Crippen LogP contribution in [0.2, 0.25) is 0 Å². The van der Waals surface area contributed by atoms with Crippen molar-refractivity contribution < 1.29 is 8.78 Å². The van der Waals surface area contributed by atoms with Gasteiger partial charge in [0.1, 0.15) is 0 Å². The summed E-state index contributed by atoms with van der Waals surface area (Å²) in [7, 11) is 1.79. The van der Waals surface area contributed by atoms with Crippen LogP contribution in [0, 0.1) is 11.6 Å². The molecule has 0 heterocycles. The second-order valence-electron chi connectivity index (χ2n) is 4.33. The summed E-state index contributed by atoms with van der Waals surface area (Å²) in [5, 5.41) is 3.06. The maximum Gasteiger partial charge on any atom is 0.163 e. The summed E-state index contributed by atoms with van der Waals surface area (Å²) in [6.07, 6.45) is 5.40. The Morgan fingerprint density at radius 3 is 2.59 bits per heavy atom. The summed E-state index contributed by atoms with van der Waals surface area (Å²) in [5.41, 5.74) is 0.434. The minimum absolute atomic E-state index is 0.0949. The molecule has 1 rings (SSSR count). The minimum Gasteiger partial charge on any atom is -0.313 e. The zero-order valence-electron chi connectivity index (χ0n) is 10.6. The highest BCUT2D eigenvalue weighted by atomic mass is 19.2. The first-order valence-corrected chi connectivity index (χ1v) is 6.31. The average molecular weight is 241 g/mol. The SMILES string of the molecule is CCCCCCC(NC)c1cccc(F)c1F. The standard InChI is InChI=1S/C14H21F2N/c1-3-4-5-6-10-13(17-2)11-8-7-9-12(15)14(11)16/h7-9,13,17H,3-6,10H2,1-2H3. The molecule has 1 nitrogen and oxygen atoms in total. The zero-order valence-corrected chi connectivity index (χ0v) is 10.6. The van der Waals surface area contributed by atoms with Crippen molar-refractivity contribution in [1.29, 1.82) is 0 Å². The van der Waals surface area contributed by atoms with Crippen molar-refractivity contribution in [3.8, 4) is 0 Å². The predicted octanol–water partition coefficient (Wildman–Crippen LogP) is 4.20. The lowest BCUT2D eigenvalue weighted by molar-refractivity contribution is 0.451. The first-order valence-electron chi connectivity index (χ1n) is 6.31. The quantitative estimate of drug-likeness (QED) is 0.706. The van der Waals surface area contributed by atoms with E-state index in [0.29, 0.717) is 5.56 Å². The fourth-order valence-corrected chi connectivity index (χ4v) is 2.02. The van der Waals surface area contributed by atoms with Gasteiger partial charge in [-0.3, -0.25) is 0 Å². The number of rotatable bonds is 7. The van der Waals surface area contributed by atoms with Gasteiger partial charge < -0.3 is 5.32 Å². The number of halogens is 2. The summed E-state index contributed by atoms with van der Waals surface area (Å²) in [6, 6.07) is 4.27. The fourth-order valence-electron chi connectivity index (χ4n) is 2.02. The highest BCUT2D eigenvalue weighted by Crippen LogP contribution is 2.23. The monoisotopic (exact) mass is 241 g/mol. The summed E-state index contributed by atoms with van der Waals surface area (Å²) in [4.78, 5) is 0. The molecule has 0 aliphatic rings. The van der Waals surface area contributed by atoms with Gasteiger partial charge in [0, 0.05) is 11.6 Å². The Bertz CT molecular complexity index is 339. The van der Waals surface area contributed by atoms with Crippen LogP contribution in [0.3, 0.4) is 0 Å². The van der Waals surface area contributed by atoms with Gasteiger partial charge in [-0.15, -0.1) is 0 Å². The molecule has 1 aromatic carbocycles. The molecule has 96 valence electrons. The van der Waals surface area contributed by atoms with Crippen LogP contribution in [0.25, 0.3) is 0 Å². The van der Waals surface area contributed by atoms with Gasteiger partial charge >= 0.3 is 0 Å². The van der Waals surface area contributed by atoms with Crippen molar-refractivity contribution in [1.82, 2.24) is 5.32 Å². The van der Waals surface area contributed by atoms with Crippen LogP contribution < -0.4 is 5.32 Å². The van der Waals surface area contributed by atoms with E-state index < -0.39 is 11.6 Å². The number of hydrogen-bond donors (Lipinski definition) is 1. The van der Waals surface area contributed by atoms with Gasteiger partial charge in [0.05, 0.1) is 0 Å². The molecular weight excluding hydrogens is 220 g/mol. The first-order chi connectivity index (χ1) is 8.20. The molecule has 1 unspecified atom stereocenters. The Morgan fingerprint density at radius 2 is 1.94 bits per heavy atom. The van der Waals surface area contributed by atoms with E-state index in [2.05, 4.69) is 12.2 Å². The molecule has 1 N–H and O–H groups in total. The molecule has 0 spiro atoms. The van der Waals surface area contributed by atoms with E-state index in [9.17, 15) is 8.78 Å². The van der Waals surface area contributed by atoms with Crippen molar-refractivity contribution in [2.45, 2.75) is 45.1 Å². The highest BCUT2D eigenvalue weighted by molar-refractivity contribution is 5.22. The Kier molecular flexibility index (Phi) is 6.12. The van der Waals surface area contributed by atoms with Gasteiger partial charge in [-0.25, -0.2) is 8.78 Å². The minimum atomic E-state index is -0.767. The zero-order chi connectivity index (χ0) is 12.7. The molecule has 1 atom stereocenters. The fraction of sp³-hybridized carbons (Fsp3) is 0.571. The van der Waals surface area contributed by atoms with Crippen molar-refractivity contribution in [3.63, 3.8) is 0 Å². The normalized spacial score (nSPS) is 12.7. The van der Waals surface area contributed by atoms with Crippen molar-refractivity contribution in [2.75, 3.05) is 7.05 Å². The van der Waals surface area contributed by atoms with Crippen LogP contribution in [-0.4, -0.2) is 7.05 Å². The molecule has 1 aromatic rings. The Balaban J connectivity index is 2.63.